The van der Waals surface area contributed by atoms with Crippen LogP contribution in [0, 0.1) is 5.92 Å². The van der Waals surface area contributed by atoms with Gasteiger partial charge in [-0.2, -0.15) is 13.9 Å². The van der Waals surface area contributed by atoms with Gasteiger partial charge >= 0.3 is 5.92 Å². The van der Waals surface area contributed by atoms with Crippen LogP contribution in [0.1, 0.15) is 12.0 Å². The Kier molecular flexibility index (Phi) is 6.49. The standard InChI is InChI=1S/C26H25F2N5O3/c27-26(28,19-5-2-1-3-6-19)25(35)32-14-12-22(17-32)36-21-10-8-20(9-11-21)30-24(34)18-15-33(16-18)23-7-4-13-29-31-23/h1-11,13,18,22H,12,14-17H2,(H,30,34)/t22-/m1/s1. The average molecular weight is 494 g/mol. The summed E-state index contributed by atoms with van der Waals surface area (Å²) in [6, 6.07) is 17.6. The molecule has 0 spiro atoms. The highest BCUT2D eigenvalue weighted by Crippen LogP contribution is 2.32. The van der Waals surface area contributed by atoms with E-state index in [4.69, 9.17) is 4.74 Å². The van der Waals surface area contributed by atoms with E-state index in [2.05, 4.69) is 15.5 Å². The monoisotopic (exact) mass is 493 g/mol. The Balaban J connectivity index is 1.10. The van der Waals surface area contributed by atoms with Crippen molar-refractivity contribution in [1.82, 2.24) is 15.1 Å². The molecule has 0 saturated carbocycles. The second-order valence-electron chi connectivity index (χ2n) is 8.92. The lowest BCUT2D eigenvalue weighted by Gasteiger charge is -2.38. The number of carbonyl (C=O) groups excluding carboxylic acids is 2. The fraction of sp³-hybridized carbons (Fsp3) is 0.308. The Morgan fingerprint density at radius 3 is 2.42 bits per heavy atom. The molecule has 1 N–H and O–H groups in total. The maximum absolute atomic E-state index is 14.6. The SMILES string of the molecule is O=C(Nc1ccc(O[C@@H]2CCN(C(=O)C(F)(F)c3ccccc3)C2)cc1)C1CN(c2cccnn2)C1. The lowest BCUT2D eigenvalue weighted by Crippen LogP contribution is -2.52. The highest BCUT2D eigenvalue weighted by atomic mass is 19.3. The third-order valence-corrected chi connectivity index (χ3v) is 6.40. The summed E-state index contributed by atoms with van der Waals surface area (Å²) in [5.74, 6) is -3.72. The molecule has 2 aliphatic rings. The van der Waals surface area contributed by atoms with E-state index in [1.165, 1.54) is 24.3 Å². The minimum atomic E-state index is -3.58. The van der Waals surface area contributed by atoms with Gasteiger partial charge in [-0.25, -0.2) is 0 Å². The van der Waals surface area contributed by atoms with Crippen LogP contribution in [0.15, 0.2) is 72.9 Å². The fourth-order valence-electron chi connectivity index (χ4n) is 4.33. The van der Waals surface area contributed by atoms with Crippen molar-refractivity contribution in [2.45, 2.75) is 18.4 Å². The van der Waals surface area contributed by atoms with Crippen LogP contribution in [0.3, 0.4) is 0 Å². The number of hydrogen-bond donors (Lipinski definition) is 1. The number of carbonyl (C=O) groups is 2. The predicted molar refractivity (Wildman–Crippen MR) is 129 cm³/mol. The van der Waals surface area contributed by atoms with Gasteiger partial charge in [0.05, 0.1) is 12.5 Å². The van der Waals surface area contributed by atoms with Gasteiger partial charge in [-0.05, 0) is 36.4 Å². The van der Waals surface area contributed by atoms with Gasteiger partial charge in [0.1, 0.15) is 11.9 Å². The molecular formula is C26H25F2N5O3. The summed E-state index contributed by atoms with van der Waals surface area (Å²) in [7, 11) is 0. The first-order valence-corrected chi connectivity index (χ1v) is 11.7. The van der Waals surface area contributed by atoms with E-state index < -0.39 is 11.8 Å². The smallest absolute Gasteiger partial charge is 0.349 e. The lowest BCUT2D eigenvalue weighted by molar-refractivity contribution is -0.158. The molecule has 5 rings (SSSR count). The van der Waals surface area contributed by atoms with Crippen molar-refractivity contribution in [2.75, 3.05) is 36.4 Å². The molecule has 2 aromatic carbocycles. The van der Waals surface area contributed by atoms with Crippen LogP contribution < -0.4 is 15.0 Å². The zero-order valence-corrected chi connectivity index (χ0v) is 19.4. The quantitative estimate of drug-likeness (QED) is 0.544. The molecule has 8 nitrogen and oxygen atoms in total. The second-order valence-corrected chi connectivity index (χ2v) is 8.92. The number of anilines is 2. The predicted octanol–water partition coefficient (Wildman–Crippen LogP) is 3.32. The Bertz CT molecular complexity index is 1210. The largest absolute Gasteiger partial charge is 0.489 e. The summed E-state index contributed by atoms with van der Waals surface area (Å²) in [5.41, 5.74) is 0.316. The number of benzene rings is 2. The Morgan fingerprint density at radius 2 is 1.72 bits per heavy atom. The van der Waals surface area contributed by atoms with Crippen LogP contribution in [0.2, 0.25) is 0 Å². The van der Waals surface area contributed by atoms with Crippen LogP contribution in [0.5, 0.6) is 5.75 Å². The molecule has 2 aliphatic heterocycles. The molecule has 3 heterocycles. The number of hydrogen-bond acceptors (Lipinski definition) is 6. The Labute approximate surface area is 206 Å². The molecule has 1 atom stereocenters. The number of nitrogens with one attached hydrogen (secondary N) is 1. The molecule has 0 unspecified atom stereocenters. The Morgan fingerprint density at radius 1 is 0.972 bits per heavy atom. The van der Waals surface area contributed by atoms with Crippen molar-refractivity contribution in [1.29, 1.82) is 0 Å². The molecule has 0 radical (unpaired) electrons. The van der Waals surface area contributed by atoms with E-state index in [9.17, 15) is 18.4 Å². The van der Waals surface area contributed by atoms with Gasteiger partial charge in [-0.3, -0.25) is 9.59 Å². The summed E-state index contributed by atoms with van der Waals surface area (Å²) in [6.07, 6.45) is 1.68. The zero-order chi connectivity index (χ0) is 25.1. The molecule has 10 heteroatoms. The van der Waals surface area contributed by atoms with Crippen molar-refractivity contribution < 1.29 is 23.1 Å². The number of nitrogens with zero attached hydrogens (tertiary/aromatic N) is 4. The number of rotatable bonds is 7. The van der Waals surface area contributed by atoms with Crippen LogP contribution in [0.25, 0.3) is 0 Å². The molecular weight excluding hydrogens is 468 g/mol. The zero-order valence-electron chi connectivity index (χ0n) is 19.4. The maximum atomic E-state index is 14.6. The van der Waals surface area contributed by atoms with Crippen LogP contribution in [-0.4, -0.2) is 59.2 Å². The maximum Gasteiger partial charge on any atom is 0.349 e. The fourth-order valence-corrected chi connectivity index (χ4v) is 4.33. The molecule has 0 bridgehead atoms. The van der Waals surface area contributed by atoms with Crippen molar-refractivity contribution in [3.63, 3.8) is 0 Å². The molecule has 3 aromatic rings. The highest BCUT2D eigenvalue weighted by Gasteiger charge is 2.45. The first-order chi connectivity index (χ1) is 17.4. The summed E-state index contributed by atoms with van der Waals surface area (Å²) >= 11 is 0. The van der Waals surface area contributed by atoms with Gasteiger partial charge in [0.2, 0.25) is 5.91 Å². The summed E-state index contributed by atoms with van der Waals surface area (Å²) in [6.45, 7) is 1.44. The van der Waals surface area contributed by atoms with E-state index in [0.29, 0.717) is 30.9 Å². The van der Waals surface area contributed by atoms with E-state index in [0.717, 1.165) is 10.7 Å². The number of amides is 2. The first-order valence-electron chi connectivity index (χ1n) is 11.7. The number of ether oxygens (including phenoxy) is 1. The summed E-state index contributed by atoms with van der Waals surface area (Å²) < 4.78 is 35.2. The molecule has 2 fully saturated rings. The van der Waals surface area contributed by atoms with Crippen molar-refractivity contribution >= 4 is 23.3 Å². The van der Waals surface area contributed by atoms with Gasteiger partial charge in [0, 0.05) is 43.5 Å². The van der Waals surface area contributed by atoms with Crippen molar-refractivity contribution in [3.05, 3.63) is 78.5 Å². The van der Waals surface area contributed by atoms with E-state index >= 15 is 0 Å². The van der Waals surface area contributed by atoms with Crippen LogP contribution in [0.4, 0.5) is 20.3 Å². The number of likely N-dealkylation sites (tertiary alicyclic amines) is 1. The Hall–Kier alpha value is -4.08. The van der Waals surface area contributed by atoms with E-state index in [1.54, 1.807) is 42.6 Å². The molecule has 0 aliphatic carbocycles. The van der Waals surface area contributed by atoms with Gasteiger partial charge < -0.3 is 19.9 Å². The summed E-state index contributed by atoms with van der Waals surface area (Å²) in [4.78, 5) is 28.1. The molecule has 36 heavy (non-hydrogen) atoms. The minimum absolute atomic E-state index is 0.0758. The topological polar surface area (TPSA) is 87.7 Å². The van der Waals surface area contributed by atoms with Gasteiger partial charge in [0.15, 0.2) is 5.82 Å². The van der Waals surface area contributed by atoms with Crippen molar-refractivity contribution in [2.24, 2.45) is 5.92 Å². The number of alkyl halides is 2. The normalized spacial score (nSPS) is 18.0. The minimum Gasteiger partial charge on any atom is -0.489 e. The van der Waals surface area contributed by atoms with Gasteiger partial charge in [-0.15, -0.1) is 5.10 Å². The van der Waals surface area contributed by atoms with Crippen LogP contribution in [-0.2, 0) is 15.5 Å². The van der Waals surface area contributed by atoms with Gasteiger partial charge in [-0.1, -0.05) is 30.3 Å². The second kappa shape index (κ2) is 9.88. The molecule has 2 saturated heterocycles. The molecule has 2 amide bonds. The lowest BCUT2D eigenvalue weighted by atomic mass is 9.99. The van der Waals surface area contributed by atoms with E-state index in [1.807, 2.05) is 11.0 Å². The summed E-state index contributed by atoms with van der Waals surface area (Å²) in [5, 5.41) is 10.8. The molecule has 1 aromatic heterocycles. The first kappa shape index (κ1) is 23.7. The number of aromatic nitrogens is 2. The van der Waals surface area contributed by atoms with Crippen molar-refractivity contribution in [3.8, 4) is 5.75 Å². The highest BCUT2D eigenvalue weighted by molar-refractivity contribution is 5.94. The molecule has 186 valence electrons. The third-order valence-electron chi connectivity index (χ3n) is 6.40. The number of halogens is 2. The van der Waals surface area contributed by atoms with E-state index in [-0.39, 0.29) is 36.6 Å². The van der Waals surface area contributed by atoms with Gasteiger partial charge in [0.25, 0.3) is 5.91 Å². The average Bonchev–Trinajstić information content (AvgIpc) is 3.33. The third kappa shape index (κ3) is 4.98. The van der Waals surface area contributed by atoms with Crippen LogP contribution >= 0.6 is 0 Å².